The summed E-state index contributed by atoms with van der Waals surface area (Å²) in [7, 11) is 0. The average molecular weight is 208 g/mol. The zero-order chi connectivity index (χ0) is 11.1. The Bertz CT molecular complexity index is 337. The summed E-state index contributed by atoms with van der Waals surface area (Å²) in [6.07, 6.45) is 5.44. The number of imidazole rings is 1. The molecule has 1 aromatic rings. The lowest BCUT2D eigenvalue weighted by Crippen LogP contribution is -2.45. The van der Waals surface area contributed by atoms with Crippen molar-refractivity contribution in [1.29, 1.82) is 0 Å². The van der Waals surface area contributed by atoms with E-state index >= 15 is 0 Å². The summed E-state index contributed by atoms with van der Waals surface area (Å²) in [4.78, 5) is 4.29. The molecule has 0 atom stereocenters. The summed E-state index contributed by atoms with van der Waals surface area (Å²) in [5.41, 5.74) is -0.658. The Hall–Kier alpha value is -0.830. The van der Waals surface area contributed by atoms with Gasteiger partial charge in [0.15, 0.2) is 0 Å². The van der Waals surface area contributed by atoms with Gasteiger partial charge in [-0.3, -0.25) is 0 Å². The molecule has 0 amide bonds. The number of rotatable bonds is 3. The van der Waals surface area contributed by atoms with E-state index in [1.54, 1.807) is 6.20 Å². The number of hydrogen-bond donors (Lipinski definition) is 1. The Morgan fingerprint density at radius 2 is 2.27 bits per heavy atom. The van der Waals surface area contributed by atoms with Crippen LogP contribution >= 0.6 is 0 Å². The number of aliphatic hydroxyl groups is 1. The molecule has 1 aliphatic rings. The van der Waals surface area contributed by atoms with E-state index in [1.807, 2.05) is 10.8 Å². The van der Waals surface area contributed by atoms with Crippen molar-refractivity contribution in [2.45, 2.75) is 45.8 Å². The fourth-order valence-corrected chi connectivity index (χ4v) is 2.43. The topological polar surface area (TPSA) is 38.0 Å². The van der Waals surface area contributed by atoms with Crippen LogP contribution in [0.2, 0.25) is 0 Å². The van der Waals surface area contributed by atoms with Crippen LogP contribution in [0.4, 0.5) is 0 Å². The molecule has 84 valence electrons. The Kier molecular flexibility index (Phi) is 2.59. The molecule has 3 nitrogen and oxygen atoms in total. The molecular weight excluding hydrogens is 188 g/mol. The highest BCUT2D eigenvalue weighted by molar-refractivity contribution is 5.11. The zero-order valence-electron chi connectivity index (χ0n) is 9.77. The molecule has 0 saturated heterocycles. The molecule has 15 heavy (non-hydrogen) atoms. The van der Waals surface area contributed by atoms with Crippen molar-refractivity contribution in [1.82, 2.24) is 9.55 Å². The molecule has 3 heteroatoms. The van der Waals surface area contributed by atoms with E-state index in [4.69, 9.17) is 0 Å². The van der Waals surface area contributed by atoms with Gasteiger partial charge in [-0.05, 0) is 31.6 Å². The molecule has 1 heterocycles. The lowest BCUT2D eigenvalue weighted by Gasteiger charge is -2.45. The molecule has 1 aromatic heterocycles. The number of nitrogens with zero attached hydrogens (tertiary/aromatic N) is 2. The van der Waals surface area contributed by atoms with Crippen molar-refractivity contribution in [3.05, 3.63) is 18.2 Å². The van der Waals surface area contributed by atoms with Crippen LogP contribution in [-0.2, 0) is 12.1 Å². The van der Waals surface area contributed by atoms with Crippen molar-refractivity contribution < 1.29 is 5.11 Å². The maximum Gasteiger partial charge on any atom is 0.140 e. The SMILES string of the molecule is CCn1ccnc1C1(O)CC(C(C)C)C1. The highest BCUT2D eigenvalue weighted by atomic mass is 16.3. The highest BCUT2D eigenvalue weighted by Crippen LogP contribution is 2.47. The summed E-state index contributed by atoms with van der Waals surface area (Å²) >= 11 is 0. The molecule has 0 bridgehead atoms. The first-order chi connectivity index (χ1) is 7.07. The van der Waals surface area contributed by atoms with E-state index in [0.29, 0.717) is 11.8 Å². The number of hydrogen-bond acceptors (Lipinski definition) is 2. The summed E-state index contributed by atoms with van der Waals surface area (Å²) in [6.45, 7) is 7.39. The second-order valence-electron chi connectivity index (χ2n) is 4.98. The second-order valence-corrected chi connectivity index (χ2v) is 4.98. The summed E-state index contributed by atoms with van der Waals surface area (Å²) < 4.78 is 2.04. The van der Waals surface area contributed by atoms with E-state index in [1.165, 1.54) is 0 Å². The van der Waals surface area contributed by atoms with Crippen LogP contribution < -0.4 is 0 Å². The largest absolute Gasteiger partial charge is 0.382 e. The predicted octanol–water partition coefficient (Wildman–Crippen LogP) is 2.16. The first kappa shape index (κ1) is 10.7. The maximum absolute atomic E-state index is 10.4. The van der Waals surface area contributed by atoms with Gasteiger partial charge in [-0.1, -0.05) is 13.8 Å². The lowest BCUT2D eigenvalue weighted by atomic mass is 9.66. The van der Waals surface area contributed by atoms with Gasteiger partial charge in [-0.25, -0.2) is 4.98 Å². The molecular formula is C12H20N2O. The highest BCUT2D eigenvalue weighted by Gasteiger charge is 2.47. The minimum absolute atomic E-state index is 0.650. The molecule has 0 aliphatic heterocycles. The van der Waals surface area contributed by atoms with Crippen LogP contribution in [-0.4, -0.2) is 14.7 Å². The molecule has 0 spiro atoms. The smallest absolute Gasteiger partial charge is 0.140 e. The number of aryl methyl sites for hydroxylation is 1. The van der Waals surface area contributed by atoms with Crippen molar-refractivity contribution >= 4 is 0 Å². The minimum atomic E-state index is -0.658. The molecule has 1 aliphatic carbocycles. The monoisotopic (exact) mass is 208 g/mol. The quantitative estimate of drug-likeness (QED) is 0.826. The summed E-state index contributed by atoms with van der Waals surface area (Å²) in [6, 6.07) is 0. The third kappa shape index (κ3) is 1.69. The van der Waals surface area contributed by atoms with Crippen molar-refractivity contribution in [2.75, 3.05) is 0 Å². The fraction of sp³-hybridized carbons (Fsp3) is 0.750. The lowest BCUT2D eigenvalue weighted by molar-refractivity contribution is -0.102. The molecule has 0 aromatic carbocycles. The van der Waals surface area contributed by atoms with E-state index in [2.05, 4.69) is 25.8 Å². The van der Waals surface area contributed by atoms with Gasteiger partial charge in [0.05, 0.1) is 0 Å². The van der Waals surface area contributed by atoms with Crippen LogP contribution in [0.5, 0.6) is 0 Å². The molecule has 1 fully saturated rings. The van der Waals surface area contributed by atoms with Gasteiger partial charge in [0.1, 0.15) is 11.4 Å². The van der Waals surface area contributed by atoms with Gasteiger partial charge in [0.2, 0.25) is 0 Å². The molecule has 0 radical (unpaired) electrons. The molecule has 0 unspecified atom stereocenters. The molecule has 2 rings (SSSR count). The van der Waals surface area contributed by atoms with Crippen LogP contribution in [0.3, 0.4) is 0 Å². The van der Waals surface area contributed by atoms with Crippen LogP contribution in [0.1, 0.15) is 39.4 Å². The van der Waals surface area contributed by atoms with E-state index in [0.717, 1.165) is 25.2 Å². The average Bonchev–Trinajstić information content (AvgIpc) is 2.60. The van der Waals surface area contributed by atoms with Crippen molar-refractivity contribution in [2.24, 2.45) is 11.8 Å². The Morgan fingerprint density at radius 1 is 1.60 bits per heavy atom. The van der Waals surface area contributed by atoms with Gasteiger partial charge in [0, 0.05) is 18.9 Å². The van der Waals surface area contributed by atoms with E-state index in [-0.39, 0.29) is 0 Å². The second kappa shape index (κ2) is 3.63. The Labute approximate surface area is 91.1 Å². The predicted molar refractivity (Wildman–Crippen MR) is 59.4 cm³/mol. The van der Waals surface area contributed by atoms with Crippen LogP contribution in [0.15, 0.2) is 12.4 Å². The van der Waals surface area contributed by atoms with Gasteiger partial charge in [-0.15, -0.1) is 0 Å². The summed E-state index contributed by atoms with van der Waals surface area (Å²) in [5.74, 6) is 2.16. The van der Waals surface area contributed by atoms with Gasteiger partial charge < -0.3 is 9.67 Å². The van der Waals surface area contributed by atoms with Crippen molar-refractivity contribution in [3.63, 3.8) is 0 Å². The first-order valence-electron chi connectivity index (χ1n) is 5.81. The Balaban J connectivity index is 2.13. The van der Waals surface area contributed by atoms with Gasteiger partial charge in [-0.2, -0.15) is 0 Å². The fourth-order valence-electron chi connectivity index (χ4n) is 2.43. The van der Waals surface area contributed by atoms with Gasteiger partial charge in [0.25, 0.3) is 0 Å². The maximum atomic E-state index is 10.4. The first-order valence-corrected chi connectivity index (χ1v) is 5.81. The Morgan fingerprint density at radius 3 is 2.80 bits per heavy atom. The zero-order valence-corrected chi connectivity index (χ0v) is 9.77. The normalized spacial score (nSPS) is 30.6. The van der Waals surface area contributed by atoms with Crippen LogP contribution in [0.25, 0.3) is 0 Å². The third-order valence-corrected chi connectivity index (χ3v) is 3.61. The van der Waals surface area contributed by atoms with Gasteiger partial charge >= 0.3 is 0 Å². The van der Waals surface area contributed by atoms with E-state index in [9.17, 15) is 5.11 Å². The molecule has 1 N–H and O–H groups in total. The standard InChI is InChI=1S/C12H20N2O/c1-4-14-6-5-13-11(14)12(15)7-10(8-12)9(2)3/h5-6,9-10,15H,4,7-8H2,1-3H3. The van der Waals surface area contributed by atoms with Crippen LogP contribution in [0, 0.1) is 11.8 Å². The molecule has 1 saturated carbocycles. The van der Waals surface area contributed by atoms with Crippen molar-refractivity contribution in [3.8, 4) is 0 Å². The third-order valence-electron chi connectivity index (χ3n) is 3.61. The summed E-state index contributed by atoms with van der Waals surface area (Å²) in [5, 5.41) is 10.4. The minimum Gasteiger partial charge on any atom is -0.382 e. The number of aromatic nitrogens is 2. The van der Waals surface area contributed by atoms with E-state index < -0.39 is 5.60 Å².